The molecule has 2 aliphatic heterocycles. The van der Waals surface area contributed by atoms with Crippen LogP contribution >= 0.6 is 10.6 Å². The van der Waals surface area contributed by atoms with E-state index in [1.54, 1.807) is 24.3 Å². The smallest absolute Gasteiger partial charge is 0.253 e. The summed E-state index contributed by atoms with van der Waals surface area (Å²) < 4.78 is 19.5. The molecule has 0 atom stereocenters. The van der Waals surface area contributed by atoms with Gasteiger partial charge in [0, 0.05) is 16.7 Å². The average Bonchev–Trinajstić information content (AvgIpc) is 2.79. The van der Waals surface area contributed by atoms with E-state index in [0.29, 0.717) is 17.0 Å². The number of fused-ring (bicyclic) bond motifs is 1. The number of nitrogens with zero attached hydrogens (tertiary/aromatic N) is 2. The summed E-state index contributed by atoms with van der Waals surface area (Å²) >= 11 is 0. The van der Waals surface area contributed by atoms with Gasteiger partial charge in [-0.25, -0.2) is 5.01 Å². The van der Waals surface area contributed by atoms with Crippen LogP contribution in [0.2, 0.25) is 0 Å². The summed E-state index contributed by atoms with van der Waals surface area (Å²) in [5, 5.41) is 6.91. The maximum atomic E-state index is 11.7. The highest BCUT2D eigenvalue weighted by atomic mass is 32.3. The Hall–Kier alpha value is -1.63. The third-order valence-electron chi connectivity index (χ3n) is 2.91. The summed E-state index contributed by atoms with van der Waals surface area (Å²) in [5.74, 6) is -0.0685. The third-order valence-corrected chi connectivity index (χ3v) is 4.45. The van der Waals surface area contributed by atoms with Crippen molar-refractivity contribution >= 4 is 34.0 Å². The summed E-state index contributed by atoms with van der Waals surface area (Å²) in [7, 11) is -2.79. The van der Waals surface area contributed by atoms with Crippen LogP contribution in [0.15, 0.2) is 33.6 Å². The maximum Gasteiger partial charge on any atom is 0.253 e. The number of rotatable bonds is 1. The molecule has 5 nitrogen and oxygen atoms in total. The van der Waals surface area contributed by atoms with Crippen molar-refractivity contribution in [3.05, 3.63) is 29.2 Å². The van der Waals surface area contributed by atoms with Crippen molar-refractivity contribution in [1.29, 1.82) is 0 Å². The lowest BCUT2D eigenvalue weighted by Crippen LogP contribution is -2.19. The topological polar surface area (TPSA) is 73.1 Å². The van der Waals surface area contributed by atoms with Crippen LogP contribution in [0.3, 0.4) is 0 Å². The summed E-state index contributed by atoms with van der Waals surface area (Å²) in [6.45, 7) is 1.81. The van der Waals surface area contributed by atoms with Gasteiger partial charge in [-0.05, 0) is 31.2 Å². The first kappa shape index (κ1) is 11.5. The van der Waals surface area contributed by atoms with E-state index in [1.165, 1.54) is 10.4 Å². The van der Waals surface area contributed by atoms with Gasteiger partial charge in [-0.3, -0.25) is 13.9 Å². The predicted octanol–water partition coefficient (Wildman–Crippen LogP) is 2.89. The highest BCUT2D eigenvalue weighted by Crippen LogP contribution is 2.56. The largest absolute Gasteiger partial charge is 0.291 e. The molecular weight excluding hydrogens is 252 g/mol. The monoisotopic (exact) mass is 264 g/mol. The highest BCUT2D eigenvalue weighted by Gasteiger charge is 2.26. The third kappa shape index (κ3) is 1.66. The van der Waals surface area contributed by atoms with Crippen molar-refractivity contribution < 1.29 is 13.9 Å². The molecule has 2 aliphatic rings. The molecule has 0 unspecified atom stereocenters. The van der Waals surface area contributed by atoms with Gasteiger partial charge in [0.15, 0.2) is 0 Å². The zero-order valence-electron chi connectivity index (χ0n) is 9.70. The van der Waals surface area contributed by atoms with Gasteiger partial charge in [0.1, 0.15) is 0 Å². The van der Waals surface area contributed by atoms with Crippen LogP contribution < -0.4 is 5.01 Å². The fourth-order valence-electron chi connectivity index (χ4n) is 2.07. The lowest BCUT2D eigenvalue weighted by Gasteiger charge is -2.25. The molecule has 1 aromatic rings. The van der Waals surface area contributed by atoms with Gasteiger partial charge in [0.25, 0.3) is 5.91 Å². The Bertz CT molecular complexity index is 607. The fourth-order valence-corrected chi connectivity index (χ4v) is 3.30. The van der Waals surface area contributed by atoms with Crippen LogP contribution in [0.1, 0.15) is 18.9 Å². The van der Waals surface area contributed by atoms with Crippen molar-refractivity contribution in [2.24, 2.45) is 5.10 Å². The van der Waals surface area contributed by atoms with E-state index in [0.717, 1.165) is 11.3 Å². The minimum Gasteiger partial charge on any atom is -0.291 e. The standard InChI is InChI=1S/C12H12N2O3S/c1-8-6-12(15)14(13-8)10-2-3-11-9(7-10)4-5-18(11,16)17/h2-5,7,16-17H,6H2,1H3. The Morgan fingerprint density at radius 1 is 1.39 bits per heavy atom. The number of hydrogen-bond acceptors (Lipinski definition) is 4. The molecule has 0 aromatic heterocycles. The summed E-state index contributed by atoms with van der Waals surface area (Å²) in [5.41, 5.74) is 2.15. The molecule has 1 aromatic carbocycles. The minimum atomic E-state index is -2.79. The Kier molecular flexibility index (Phi) is 2.34. The quantitative estimate of drug-likeness (QED) is 0.819. The Labute approximate surface area is 106 Å². The van der Waals surface area contributed by atoms with Crippen molar-refractivity contribution in [3.63, 3.8) is 0 Å². The fraction of sp³-hybridized carbons (Fsp3) is 0.167. The second kappa shape index (κ2) is 3.68. The summed E-state index contributed by atoms with van der Waals surface area (Å²) in [6.07, 6.45) is 1.99. The summed E-state index contributed by atoms with van der Waals surface area (Å²) in [6, 6.07) is 5.06. The van der Waals surface area contributed by atoms with Gasteiger partial charge < -0.3 is 0 Å². The lowest BCUT2D eigenvalue weighted by atomic mass is 10.2. The van der Waals surface area contributed by atoms with E-state index in [-0.39, 0.29) is 5.91 Å². The second-order valence-electron chi connectivity index (χ2n) is 4.34. The molecule has 94 valence electrons. The SMILES string of the molecule is CC1=NN(c2ccc3c(c2)C=CS3(O)O)C(=O)C1. The van der Waals surface area contributed by atoms with Crippen LogP contribution in [-0.4, -0.2) is 20.7 Å². The van der Waals surface area contributed by atoms with Crippen LogP contribution in [0, 0.1) is 0 Å². The van der Waals surface area contributed by atoms with Crippen molar-refractivity contribution in [1.82, 2.24) is 0 Å². The molecule has 0 saturated carbocycles. The first-order valence-electron chi connectivity index (χ1n) is 5.45. The molecule has 0 radical (unpaired) electrons. The van der Waals surface area contributed by atoms with E-state index in [2.05, 4.69) is 5.10 Å². The Balaban J connectivity index is 2.03. The van der Waals surface area contributed by atoms with Crippen LogP contribution in [0.5, 0.6) is 0 Å². The van der Waals surface area contributed by atoms with E-state index in [4.69, 9.17) is 0 Å². The van der Waals surface area contributed by atoms with Crippen molar-refractivity contribution in [3.8, 4) is 0 Å². The first-order valence-corrected chi connectivity index (χ1v) is 7.06. The van der Waals surface area contributed by atoms with Crippen LogP contribution in [-0.2, 0) is 4.79 Å². The van der Waals surface area contributed by atoms with Crippen molar-refractivity contribution in [2.45, 2.75) is 18.2 Å². The van der Waals surface area contributed by atoms with E-state index in [9.17, 15) is 13.9 Å². The molecule has 0 saturated heterocycles. The zero-order valence-corrected chi connectivity index (χ0v) is 10.5. The van der Waals surface area contributed by atoms with Crippen LogP contribution in [0.4, 0.5) is 5.69 Å². The molecule has 0 fully saturated rings. The number of amides is 1. The van der Waals surface area contributed by atoms with Gasteiger partial charge in [-0.2, -0.15) is 5.10 Å². The normalized spacial score (nSPS) is 22.1. The lowest BCUT2D eigenvalue weighted by molar-refractivity contribution is -0.116. The molecule has 0 bridgehead atoms. The number of hydrazone groups is 1. The predicted molar refractivity (Wildman–Crippen MR) is 71.8 cm³/mol. The molecule has 18 heavy (non-hydrogen) atoms. The van der Waals surface area contributed by atoms with Gasteiger partial charge in [-0.1, -0.05) is 0 Å². The minimum absolute atomic E-state index is 0.0685. The molecule has 0 aliphatic carbocycles. The highest BCUT2D eigenvalue weighted by molar-refractivity contribution is 8.27. The molecule has 6 heteroatoms. The second-order valence-corrected chi connectivity index (χ2v) is 6.23. The molecule has 2 N–H and O–H groups in total. The molecular formula is C12H12N2O3S. The number of anilines is 1. The van der Waals surface area contributed by atoms with Gasteiger partial charge in [-0.15, -0.1) is 10.6 Å². The van der Waals surface area contributed by atoms with Gasteiger partial charge in [0.05, 0.1) is 17.0 Å². The molecule has 2 heterocycles. The maximum absolute atomic E-state index is 11.7. The van der Waals surface area contributed by atoms with Crippen molar-refractivity contribution in [2.75, 3.05) is 5.01 Å². The number of carbonyl (C=O) groups excluding carboxylic acids is 1. The van der Waals surface area contributed by atoms with E-state index < -0.39 is 10.6 Å². The van der Waals surface area contributed by atoms with E-state index in [1.807, 2.05) is 6.92 Å². The summed E-state index contributed by atoms with van der Waals surface area (Å²) in [4.78, 5) is 12.2. The zero-order chi connectivity index (χ0) is 12.9. The molecule has 3 rings (SSSR count). The van der Waals surface area contributed by atoms with Gasteiger partial charge >= 0.3 is 0 Å². The Morgan fingerprint density at radius 3 is 2.83 bits per heavy atom. The van der Waals surface area contributed by atoms with Crippen LogP contribution in [0.25, 0.3) is 6.08 Å². The number of hydrogen-bond donors (Lipinski definition) is 2. The van der Waals surface area contributed by atoms with E-state index >= 15 is 0 Å². The molecule has 0 spiro atoms. The Morgan fingerprint density at radius 2 is 2.17 bits per heavy atom. The van der Waals surface area contributed by atoms with Gasteiger partial charge in [0.2, 0.25) is 0 Å². The first-order chi connectivity index (χ1) is 8.47. The molecule has 1 amide bonds. The average molecular weight is 264 g/mol. The number of carbonyl (C=O) groups is 1. The number of benzene rings is 1.